The largest absolute Gasteiger partial charge is 0.344 e. The molecule has 0 spiro atoms. The molecule has 6 nitrogen and oxygen atoms in total. The number of fused-ring (bicyclic) bond motifs is 1. The van der Waals surface area contributed by atoms with Gasteiger partial charge >= 0.3 is 0 Å². The number of aryl methyl sites for hydroxylation is 1. The Labute approximate surface area is 137 Å². The SMILES string of the molecule is O=C(N[C@@H]1CCCc2ccccc21)c1sccc1-n1cnnn1. The molecule has 0 aliphatic heterocycles. The summed E-state index contributed by atoms with van der Waals surface area (Å²) >= 11 is 1.40. The summed E-state index contributed by atoms with van der Waals surface area (Å²) in [6.45, 7) is 0. The van der Waals surface area contributed by atoms with E-state index in [2.05, 4.69) is 39.0 Å². The predicted octanol–water partition coefficient (Wildman–Crippen LogP) is 2.53. The number of hydrogen-bond acceptors (Lipinski definition) is 5. The summed E-state index contributed by atoms with van der Waals surface area (Å²) in [5.74, 6) is -0.0767. The van der Waals surface area contributed by atoms with Gasteiger partial charge in [0.25, 0.3) is 5.91 Å². The fraction of sp³-hybridized carbons (Fsp3) is 0.250. The molecule has 1 aromatic carbocycles. The number of aromatic nitrogens is 4. The Morgan fingerprint density at radius 3 is 3.09 bits per heavy atom. The standard InChI is InChI=1S/C16H15N5OS/c22-16(15-14(8-9-23-15)21-10-17-19-20-21)18-13-7-3-5-11-4-1-2-6-12(11)13/h1-2,4,6,8-10,13H,3,5,7H2,(H,18,22)/t13-/m1/s1. The lowest BCUT2D eigenvalue weighted by atomic mass is 9.88. The van der Waals surface area contributed by atoms with Gasteiger partial charge in [-0.3, -0.25) is 4.79 Å². The van der Waals surface area contributed by atoms with E-state index in [-0.39, 0.29) is 11.9 Å². The van der Waals surface area contributed by atoms with Crippen LogP contribution in [-0.4, -0.2) is 26.1 Å². The maximum Gasteiger partial charge on any atom is 0.264 e. The summed E-state index contributed by atoms with van der Waals surface area (Å²) in [4.78, 5) is 13.3. The van der Waals surface area contributed by atoms with E-state index in [4.69, 9.17) is 0 Å². The molecule has 1 atom stereocenters. The molecule has 3 aromatic rings. The zero-order valence-corrected chi connectivity index (χ0v) is 13.2. The highest BCUT2D eigenvalue weighted by Crippen LogP contribution is 2.30. The molecular formula is C16H15N5OS. The number of rotatable bonds is 3. The van der Waals surface area contributed by atoms with Gasteiger partial charge < -0.3 is 5.32 Å². The molecule has 23 heavy (non-hydrogen) atoms. The first-order valence-corrected chi connectivity index (χ1v) is 8.40. The molecule has 116 valence electrons. The van der Waals surface area contributed by atoms with Crippen molar-refractivity contribution in [2.24, 2.45) is 0 Å². The molecule has 0 saturated carbocycles. The van der Waals surface area contributed by atoms with Gasteiger partial charge in [-0.25, -0.2) is 0 Å². The Morgan fingerprint density at radius 1 is 1.30 bits per heavy atom. The van der Waals surface area contributed by atoms with Crippen molar-refractivity contribution in [2.45, 2.75) is 25.3 Å². The van der Waals surface area contributed by atoms with Crippen LogP contribution in [0.3, 0.4) is 0 Å². The van der Waals surface area contributed by atoms with Gasteiger partial charge in [0.1, 0.15) is 11.2 Å². The number of benzene rings is 1. The van der Waals surface area contributed by atoms with Crippen LogP contribution < -0.4 is 5.32 Å². The molecule has 0 saturated heterocycles. The second-order valence-electron chi connectivity index (χ2n) is 5.51. The van der Waals surface area contributed by atoms with Crippen molar-refractivity contribution in [3.8, 4) is 5.69 Å². The van der Waals surface area contributed by atoms with Crippen LogP contribution in [0.25, 0.3) is 5.69 Å². The maximum absolute atomic E-state index is 12.7. The molecule has 7 heteroatoms. The Hall–Kier alpha value is -2.54. The van der Waals surface area contributed by atoms with E-state index in [0.29, 0.717) is 10.6 Å². The molecule has 1 amide bonds. The number of carbonyl (C=O) groups is 1. The van der Waals surface area contributed by atoms with Crippen molar-refractivity contribution in [2.75, 3.05) is 0 Å². The monoisotopic (exact) mass is 325 g/mol. The van der Waals surface area contributed by atoms with Crippen molar-refractivity contribution in [1.82, 2.24) is 25.5 Å². The van der Waals surface area contributed by atoms with Crippen LogP contribution in [0.1, 0.15) is 39.7 Å². The fourth-order valence-corrected chi connectivity index (χ4v) is 3.83. The van der Waals surface area contributed by atoms with Crippen molar-refractivity contribution in [3.05, 3.63) is 58.0 Å². The van der Waals surface area contributed by atoms with Gasteiger partial charge in [-0.1, -0.05) is 24.3 Å². The van der Waals surface area contributed by atoms with Gasteiger partial charge in [0, 0.05) is 0 Å². The number of tetrazole rings is 1. The molecule has 0 unspecified atom stereocenters. The van der Waals surface area contributed by atoms with Gasteiger partial charge in [-0.05, 0) is 52.3 Å². The summed E-state index contributed by atoms with van der Waals surface area (Å²) in [7, 11) is 0. The first kappa shape index (κ1) is 14.1. The Bertz CT molecular complexity index is 827. The number of hydrogen-bond donors (Lipinski definition) is 1. The lowest BCUT2D eigenvalue weighted by Gasteiger charge is -2.26. The van der Waals surface area contributed by atoms with Gasteiger partial charge in [0.05, 0.1) is 11.7 Å². The first-order chi connectivity index (χ1) is 11.3. The molecule has 0 bridgehead atoms. The minimum absolute atomic E-state index is 0.0660. The van der Waals surface area contributed by atoms with Crippen LogP contribution >= 0.6 is 11.3 Å². The van der Waals surface area contributed by atoms with Crippen molar-refractivity contribution < 1.29 is 4.79 Å². The summed E-state index contributed by atoms with van der Waals surface area (Å²) in [6, 6.07) is 10.3. The van der Waals surface area contributed by atoms with Gasteiger partial charge in [-0.2, -0.15) is 4.68 Å². The molecule has 0 fully saturated rings. The Morgan fingerprint density at radius 2 is 2.22 bits per heavy atom. The third kappa shape index (κ3) is 2.63. The summed E-state index contributed by atoms with van der Waals surface area (Å²) < 4.78 is 1.51. The second-order valence-corrected chi connectivity index (χ2v) is 6.42. The first-order valence-electron chi connectivity index (χ1n) is 7.52. The lowest BCUT2D eigenvalue weighted by Crippen LogP contribution is -2.31. The summed E-state index contributed by atoms with van der Waals surface area (Å²) in [5, 5.41) is 16.2. The minimum Gasteiger partial charge on any atom is -0.344 e. The molecule has 1 aliphatic carbocycles. The molecular weight excluding hydrogens is 310 g/mol. The maximum atomic E-state index is 12.7. The quantitative estimate of drug-likeness (QED) is 0.803. The second kappa shape index (κ2) is 5.92. The lowest BCUT2D eigenvalue weighted by molar-refractivity contribution is 0.0936. The van der Waals surface area contributed by atoms with E-state index in [0.717, 1.165) is 19.3 Å². The van der Waals surface area contributed by atoms with E-state index in [9.17, 15) is 4.79 Å². The van der Waals surface area contributed by atoms with E-state index in [1.54, 1.807) is 0 Å². The number of nitrogens with zero attached hydrogens (tertiary/aromatic N) is 4. The van der Waals surface area contributed by atoms with E-state index < -0.39 is 0 Å². The highest BCUT2D eigenvalue weighted by atomic mass is 32.1. The molecule has 4 rings (SSSR count). The van der Waals surface area contributed by atoms with Crippen molar-refractivity contribution in [1.29, 1.82) is 0 Å². The third-order valence-corrected chi connectivity index (χ3v) is 5.02. The molecule has 0 radical (unpaired) electrons. The van der Waals surface area contributed by atoms with Gasteiger partial charge in [0.2, 0.25) is 0 Å². The number of thiophene rings is 1. The molecule has 1 N–H and O–H groups in total. The third-order valence-electron chi connectivity index (χ3n) is 4.12. The Kier molecular flexibility index (Phi) is 3.63. The highest BCUT2D eigenvalue weighted by molar-refractivity contribution is 7.12. The predicted molar refractivity (Wildman–Crippen MR) is 86.6 cm³/mol. The fourth-order valence-electron chi connectivity index (χ4n) is 3.05. The molecule has 1 aliphatic rings. The average Bonchev–Trinajstić information content (AvgIpc) is 3.26. The smallest absolute Gasteiger partial charge is 0.264 e. The highest BCUT2D eigenvalue weighted by Gasteiger charge is 2.24. The van der Waals surface area contributed by atoms with E-state index in [1.165, 1.54) is 33.5 Å². The Balaban J connectivity index is 1.59. The van der Waals surface area contributed by atoms with Crippen molar-refractivity contribution >= 4 is 17.2 Å². The normalized spacial score (nSPS) is 16.8. The van der Waals surface area contributed by atoms with Gasteiger partial charge in [-0.15, -0.1) is 16.4 Å². The van der Waals surface area contributed by atoms with E-state index in [1.807, 2.05) is 17.5 Å². The topological polar surface area (TPSA) is 72.7 Å². The van der Waals surface area contributed by atoms with Crippen LogP contribution in [0.15, 0.2) is 42.0 Å². The van der Waals surface area contributed by atoms with Crippen LogP contribution in [0.4, 0.5) is 0 Å². The molecule has 2 heterocycles. The van der Waals surface area contributed by atoms with Crippen LogP contribution in [-0.2, 0) is 6.42 Å². The number of amides is 1. The van der Waals surface area contributed by atoms with E-state index >= 15 is 0 Å². The zero-order valence-electron chi connectivity index (χ0n) is 12.3. The van der Waals surface area contributed by atoms with Crippen molar-refractivity contribution in [3.63, 3.8) is 0 Å². The van der Waals surface area contributed by atoms with Crippen LogP contribution in [0.2, 0.25) is 0 Å². The average molecular weight is 325 g/mol. The van der Waals surface area contributed by atoms with Crippen LogP contribution in [0.5, 0.6) is 0 Å². The number of carbonyl (C=O) groups excluding carboxylic acids is 1. The summed E-state index contributed by atoms with van der Waals surface area (Å²) in [5.41, 5.74) is 3.27. The molecule has 2 aromatic heterocycles. The number of nitrogens with one attached hydrogen (secondary N) is 1. The minimum atomic E-state index is -0.0767. The summed E-state index contributed by atoms with van der Waals surface area (Å²) in [6.07, 6.45) is 4.63. The van der Waals surface area contributed by atoms with Crippen LogP contribution in [0, 0.1) is 0 Å². The van der Waals surface area contributed by atoms with Gasteiger partial charge in [0.15, 0.2) is 0 Å². The zero-order chi connectivity index (χ0) is 15.6.